The number of hydrogen-bond acceptors (Lipinski definition) is 5. The van der Waals surface area contributed by atoms with Crippen LogP contribution in [0.2, 0.25) is 0 Å². The van der Waals surface area contributed by atoms with Gasteiger partial charge in [-0.1, -0.05) is 19.1 Å². The van der Waals surface area contributed by atoms with Gasteiger partial charge in [0.15, 0.2) is 17.4 Å². The van der Waals surface area contributed by atoms with E-state index in [2.05, 4.69) is 20.8 Å². The number of anilines is 1. The van der Waals surface area contributed by atoms with E-state index in [0.29, 0.717) is 23.6 Å². The Kier molecular flexibility index (Phi) is 4.69. The second-order valence-corrected chi connectivity index (χ2v) is 5.18. The Bertz CT molecular complexity index is 910. The number of ether oxygens (including phenoxy) is 1. The molecule has 1 N–H and O–H groups in total. The first-order chi connectivity index (χ1) is 12.1. The molecule has 1 amide bonds. The molecule has 0 aliphatic heterocycles. The van der Waals surface area contributed by atoms with Crippen LogP contribution in [0.4, 0.5) is 10.1 Å². The van der Waals surface area contributed by atoms with E-state index in [-0.39, 0.29) is 11.3 Å². The number of rotatable bonds is 5. The van der Waals surface area contributed by atoms with Gasteiger partial charge in [0.25, 0.3) is 5.91 Å². The minimum atomic E-state index is -0.527. The van der Waals surface area contributed by atoms with Crippen molar-refractivity contribution in [2.45, 2.75) is 13.3 Å². The van der Waals surface area contributed by atoms with Gasteiger partial charge in [0.2, 0.25) is 0 Å². The summed E-state index contributed by atoms with van der Waals surface area (Å²) in [5.41, 5.74) is 1.46. The molecule has 128 valence electrons. The van der Waals surface area contributed by atoms with Gasteiger partial charge < -0.3 is 10.1 Å². The zero-order valence-electron chi connectivity index (χ0n) is 13.7. The molecule has 1 aromatic heterocycles. The molecule has 0 aliphatic rings. The van der Waals surface area contributed by atoms with E-state index in [1.54, 1.807) is 22.9 Å². The highest BCUT2D eigenvalue weighted by atomic mass is 19.1. The highest BCUT2D eigenvalue weighted by Gasteiger charge is 2.15. The van der Waals surface area contributed by atoms with Crippen LogP contribution in [0.1, 0.15) is 23.1 Å². The zero-order chi connectivity index (χ0) is 17.8. The fraction of sp³-hybridized carbons (Fsp3) is 0.176. The number of aromatic nitrogens is 4. The Hall–Kier alpha value is -3.29. The summed E-state index contributed by atoms with van der Waals surface area (Å²) in [4.78, 5) is 12.5. The molecule has 0 spiro atoms. The Morgan fingerprint density at radius 3 is 2.84 bits per heavy atom. The van der Waals surface area contributed by atoms with Crippen LogP contribution in [-0.2, 0) is 6.42 Å². The summed E-state index contributed by atoms with van der Waals surface area (Å²) in [6, 6.07) is 11.1. The number of amides is 1. The molecule has 0 aliphatic carbocycles. The van der Waals surface area contributed by atoms with Gasteiger partial charge in [-0.3, -0.25) is 4.79 Å². The first-order valence-corrected chi connectivity index (χ1v) is 7.65. The van der Waals surface area contributed by atoms with Gasteiger partial charge in [-0.2, -0.15) is 4.68 Å². The minimum absolute atomic E-state index is 0.00896. The van der Waals surface area contributed by atoms with Crippen molar-refractivity contribution in [3.63, 3.8) is 0 Å². The van der Waals surface area contributed by atoms with Crippen LogP contribution >= 0.6 is 0 Å². The second-order valence-electron chi connectivity index (χ2n) is 5.18. The van der Waals surface area contributed by atoms with Gasteiger partial charge in [-0.15, -0.1) is 5.10 Å². The third kappa shape index (κ3) is 3.32. The van der Waals surface area contributed by atoms with Gasteiger partial charge in [0, 0.05) is 12.0 Å². The van der Waals surface area contributed by atoms with Crippen LogP contribution in [0.25, 0.3) is 5.69 Å². The third-order valence-electron chi connectivity index (χ3n) is 3.64. The lowest BCUT2D eigenvalue weighted by Gasteiger charge is -2.12. The van der Waals surface area contributed by atoms with Crippen molar-refractivity contribution < 1.29 is 13.9 Å². The van der Waals surface area contributed by atoms with Gasteiger partial charge >= 0.3 is 0 Å². The number of hydrogen-bond donors (Lipinski definition) is 1. The fourth-order valence-electron chi connectivity index (χ4n) is 2.37. The monoisotopic (exact) mass is 341 g/mol. The number of benzene rings is 2. The standard InChI is InChI=1S/C17H16FN5O2/c1-3-16-20-21-22-23(16)14-7-5-4-6-13(14)19-17(24)11-8-9-12(18)15(10-11)25-2/h4-10H,3H2,1-2H3,(H,19,24). The first-order valence-electron chi connectivity index (χ1n) is 7.65. The SMILES string of the molecule is CCc1nnnn1-c1ccccc1NC(=O)c1ccc(F)c(OC)c1. The Morgan fingerprint density at radius 1 is 1.28 bits per heavy atom. The maximum atomic E-state index is 13.5. The van der Waals surface area contributed by atoms with Crippen LogP contribution in [0.5, 0.6) is 5.75 Å². The fourth-order valence-corrected chi connectivity index (χ4v) is 2.37. The molecule has 0 fully saturated rings. The van der Waals surface area contributed by atoms with Crippen molar-refractivity contribution in [1.82, 2.24) is 20.2 Å². The summed E-state index contributed by atoms with van der Waals surface area (Å²) in [6.45, 7) is 1.94. The molecule has 2 aromatic carbocycles. The molecule has 3 rings (SSSR count). The van der Waals surface area contributed by atoms with Crippen molar-refractivity contribution in [3.8, 4) is 11.4 Å². The number of carbonyl (C=O) groups excluding carboxylic acids is 1. The van der Waals surface area contributed by atoms with Gasteiger partial charge in [0.05, 0.1) is 18.5 Å². The highest BCUT2D eigenvalue weighted by Crippen LogP contribution is 2.23. The van der Waals surface area contributed by atoms with Crippen molar-refractivity contribution in [3.05, 3.63) is 59.7 Å². The normalized spacial score (nSPS) is 10.5. The first kappa shape index (κ1) is 16.6. The maximum absolute atomic E-state index is 13.5. The van der Waals surface area contributed by atoms with Crippen LogP contribution in [-0.4, -0.2) is 33.2 Å². The summed E-state index contributed by atoms with van der Waals surface area (Å²) < 4.78 is 20.0. The molecule has 0 unspecified atom stereocenters. The predicted molar refractivity (Wildman–Crippen MR) is 89.4 cm³/mol. The van der Waals surface area contributed by atoms with E-state index >= 15 is 0 Å². The third-order valence-corrected chi connectivity index (χ3v) is 3.64. The average Bonchev–Trinajstić information content (AvgIpc) is 3.11. The number of nitrogens with one attached hydrogen (secondary N) is 1. The van der Waals surface area contributed by atoms with Crippen LogP contribution in [0.3, 0.4) is 0 Å². The lowest BCUT2D eigenvalue weighted by atomic mass is 10.2. The highest BCUT2D eigenvalue weighted by molar-refractivity contribution is 6.05. The summed E-state index contributed by atoms with van der Waals surface area (Å²) in [5, 5.41) is 14.4. The van der Waals surface area contributed by atoms with Crippen LogP contribution < -0.4 is 10.1 Å². The number of methoxy groups -OCH3 is 1. The molecule has 0 radical (unpaired) electrons. The molecule has 3 aromatic rings. The average molecular weight is 341 g/mol. The topological polar surface area (TPSA) is 81.9 Å². The summed E-state index contributed by atoms with van der Waals surface area (Å²) in [5.74, 6) is -0.238. The van der Waals surface area contributed by atoms with Gasteiger partial charge in [0.1, 0.15) is 0 Å². The smallest absolute Gasteiger partial charge is 0.255 e. The molecule has 0 saturated heterocycles. The molecule has 1 heterocycles. The number of carbonyl (C=O) groups is 1. The van der Waals surface area contributed by atoms with Crippen LogP contribution in [0.15, 0.2) is 42.5 Å². The Morgan fingerprint density at radius 2 is 2.08 bits per heavy atom. The summed E-state index contributed by atoms with van der Waals surface area (Å²) >= 11 is 0. The van der Waals surface area contributed by atoms with Crippen LogP contribution in [0, 0.1) is 5.82 Å². The second kappa shape index (κ2) is 7.08. The van der Waals surface area contributed by atoms with E-state index in [1.807, 2.05) is 13.0 Å². The van der Waals surface area contributed by atoms with E-state index < -0.39 is 11.7 Å². The van der Waals surface area contributed by atoms with Gasteiger partial charge in [-0.25, -0.2) is 4.39 Å². The lowest BCUT2D eigenvalue weighted by Crippen LogP contribution is -2.15. The van der Waals surface area contributed by atoms with Crippen molar-refractivity contribution in [1.29, 1.82) is 0 Å². The van der Waals surface area contributed by atoms with Gasteiger partial charge in [-0.05, 0) is 40.8 Å². The molecule has 8 heteroatoms. The summed E-state index contributed by atoms with van der Waals surface area (Å²) in [6.07, 6.45) is 0.643. The number of para-hydroxylation sites is 2. The van der Waals surface area contributed by atoms with E-state index in [1.165, 1.54) is 25.3 Å². The number of halogens is 1. The number of tetrazole rings is 1. The quantitative estimate of drug-likeness (QED) is 0.771. The Labute approximate surface area is 143 Å². The molecule has 25 heavy (non-hydrogen) atoms. The summed E-state index contributed by atoms with van der Waals surface area (Å²) in [7, 11) is 1.35. The van der Waals surface area contributed by atoms with E-state index in [4.69, 9.17) is 4.74 Å². The van der Waals surface area contributed by atoms with Crippen molar-refractivity contribution in [2.24, 2.45) is 0 Å². The predicted octanol–water partition coefficient (Wildman–Crippen LogP) is 2.62. The molecular weight excluding hydrogens is 325 g/mol. The number of nitrogens with zero attached hydrogens (tertiary/aromatic N) is 4. The van der Waals surface area contributed by atoms with Crippen molar-refractivity contribution >= 4 is 11.6 Å². The zero-order valence-corrected chi connectivity index (χ0v) is 13.7. The molecule has 0 saturated carbocycles. The number of aryl methyl sites for hydroxylation is 1. The molecule has 0 bridgehead atoms. The van der Waals surface area contributed by atoms with E-state index in [9.17, 15) is 9.18 Å². The van der Waals surface area contributed by atoms with E-state index in [0.717, 1.165) is 0 Å². The minimum Gasteiger partial charge on any atom is -0.494 e. The lowest BCUT2D eigenvalue weighted by molar-refractivity contribution is 0.102. The van der Waals surface area contributed by atoms with Crippen molar-refractivity contribution in [2.75, 3.05) is 12.4 Å². The largest absolute Gasteiger partial charge is 0.494 e. The Balaban J connectivity index is 1.92. The molecule has 0 atom stereocenters. The molecule has 7 nitrogen and oxygen atoms in total. The molecular formula is C17H16FN5O2. The maximum Gasteiger partial charge on any atom is 0.255 e.